The van der Waals surface area contributed by atoms with Crippen LogP contribution < -0.4 is 10.6 Å². The molecule has 0 aromatic heterocycles. The second kappa shape index (κ2) is 7.76. The number of rotatable bonds is 6. The molecule has 0 spiro atoms. The van der Waals surface area contributed by atoms with Gasteiger partial charge in [0.15, 0.2) is 0 Å². The van der Waals surface area contributed by atoms with Crippen LogP contribution in [0.4, 0.5) is 10.5 Å². The molecule has 0 saturated heterocycles. The van der Waals surface area contributed by atoms with Crippen molar-refractivity contribution >= 4 is 17.7 Å². The number of carbonyl (C=O) groups excluding carboxylic acids is 1. The molecule has 0 heterocycles. The van der Waals surface area contributed by atoms with Crippen LogP contribution in [0.25, 0.3) is 0 Å². The van der Waals surface area contributed by atoms with Crippen LogP contribution in [0.3, 0.4) is 0 Å². The number of nitriles is 1. The van der Waals surface area contributed by atoms with Gasteiger partial charge in [0, 0.05) is 20.1 Å². The number of nitrogens with zero attached hydrogens (tertiary/aromatic N) is 1. The average Bonchev–Trinajstić information content (AvgIpc) is 2.43. The summed E-state index contributed by atoms with van der Waals surface area (Å²) in [5.41, 5.74) is 0.620. The smallest absolute Gasteiger partial charge is 0.326 e. The molecule has 1 unspecified atom stereocenters. The third-order valence-electron chi connectivity index (χ3n) is 2.51. The van der Waals surface area contributed by atoms with Gasteiger partial charge in [-0.25, -0.2) is 9.59 Å². The third-order valence-corrected chi connectivity index (χ3v) is 2.51. The summed E-state index contributed by atoms with van der Waals surface area (Å²) in [6.45, 7) is 0.214. The van der Waals surface area contributed by atoms with E-state index in [9.17, 15) is 9.59 Å². The van der Waals surface area contributed by atoms with Gasteiger partial charge in [0.1, 0.15) is 12.1 Å². The molecule has 0 aliphatic rings. The lowest BCUT2D eigenvalue weighted by atomic mass is 10.2. The number of ether oxygens (including phenoxy) is 1. The summed E-state index contributed by atoms with van der Waals surface area (Å²) in [6.07, 6.45) is 0.152. The van der Waals surface area contributed by atoms with Crippen LogP contribution in [0, 0.1) is 11.3 Å². The summed E-state index contributed by atoms with van der Waals surface area (Å²) in [5.74, 6) is -1.15. The van der Waals surface area contributed by atoms with Crippen LogP contribution in [0.2, 0.25) is 0 Å². The minimum absolute atomic E-state index is 0.152. The fourth-order valence-electron chi connectivity index (χ4n) is 1.50. The molecule has 20 heavy (non-hydrogen) atoms. The highest BCUT2D eigenvalue weighted by Gasteiger charge is 2.19. The molecule has 7 nitrogen and oxygen atoms in total. The second-order valence-electron chi connectivity index (χ2n) is 3.93. The summed E-state index contributed by atoms with van der Waals surface area (Å²) >= 11 is 0. The van der Waals surface area contributed by atoms with Crippen LogP contribution in [-0.4, -0.2) is 36.9 Å². The van der Waals surface area contributed by atoms with E-state index in [1.165, 1.54) is 7.11 Å². The van der Waals surface area contributed by atoms with E-state index in [0.29, 0.717) is 11.3 Å². The highest BCUT2D eigenvalue weighted by molar-refractivity contribution is 5.93. The number of amides is 2. The van der Waals surface area contributed by atoms with Gasteiger partial charge in [0.2, 0.25) is 0 Å². The Morgan fingerprint density at radius 2 is 2.15 bits per heavy atom. The number of nitrogens with one attached hydrogen (secondary N) is 2. The minimum Gasteiger partial charge on any atom is -0.480 e. The quantitative estimate of drug-likeness (QED) is 0.722. The van der Waals surface area contributed by atoms with Gasteiger partial charge in [-0.3, -0.25) is 0 Å². The number of carboxylic acid groups (broad SMARTS) is 1. The van der Waals surface area contributed by atoms with Gasteiger partial charge >= 0.3 is 12.0 Å². The molecule has 7 heteroatoms. The molecule has 0 bridgehead atoms. The fourth-order valence-corrected chi connectivity index (χ4v) is 1.50. The number of hydrogen-bond donors (Lipinski definition) is 3. The highest BCUT2D eigenvalue weighted by atomic mass is 16.5. The van der Waals surface area contributed by atoms with Gasteiger partial charge in [-0.2, -0.15) is 5.26 Å². The van der Waals surface area contributed by atoms with E-state index < -0.39 is 18.0 Å². The van der Waals surface area contributed by atoms with E-state index in [1.807, 2.05) is 6.07 Å². The zero-order valence-corrected chi connectivity index (χ0v) is 10.9. The van der Waals surface area contributed by atoms with E-state index in [0.717, 1.165) is 0 Å². The Labute approximate surface area is 116 Å². The van der Waals surface area contributed by atoms with Crippen molar-refractivity contribution < 1.29 is 19.4 Å². The lowest BCUT2D eigenvalue weighted by molar-refractivity contribution is -0.139. The monoisotopic (exact) mass is 277 g/mol. The molecule has 106 valence electrons. The summed E-state index contributed by atoms with van der Waals surface area (Å²) in [7, 11) is 1.45. The predicted molar refractivity (Wildman–Crippen MR) is 71.2 cm³/mol. The molecular weight excluding hydrogens is 262 g/mol. The first-order valence-corrected chi connectivity index (χ1v) is 5.87. The Bertz CT molecular complexity index is 525. The SMILES string of the molecule is COCCC(NC(=O)Nc1ccccc1C#N)C(=O)O. The molecule has 0 aliphatic heterocycles. The van der Waals surface area contributed by atoms with Crippen LogP contribution in [0.5, 0.6) is 0 Å². The normalized spacial score (nSPS) is 11.2. The van der Waals surface area contributed by atoms with Crippen LogP contribution in [0.15, 0.2) is 24.3 Å². The van der Waals surface area contributed by atoms with Crippen molar-refractivity contribution in [2.24, 2.45) is 0 Å². The minimum atomic E-state index is -1.15. The number of aliphatic carboxylic acids is 1. The molecule has 0 aliphatic carbocycles. The maximum absolute atomic E-state index is 11.7. The van der Waals surface area contributed by atoms with Crippen molar-refractivity contribution in [2.75, 3.05) is 19.0 Å². The number of benzene rings is 1. The van der Waals surface area contributed by atoms with Crippen molar-refractivity contribution in [3.05, 3.63) is 29.8 Å². The molecule has 2 amide bonds. The van der Waals surface area contributed by atoms with E-state index in [1.54, 1.807) is 24.3 Å². The lowest BCUT2D eigenvalue weighted by Crippen LogP contribution is -2.43. The number of para-hydroxylation sites is 1. The number of carbonyl (C=O) groups is 2. The average molecular weight is 277 g/mol. The van der Waals surface area contributed by atoms with Crippen molar-refractivity contribution in [3.63, 3.8) is 0 Å². The number of hydrogen-bond acceptors (Lipinski definition) is 4. The number of carboxylic acids is 1. The Morgan fingerprint density at radius 3 is 2.75 bits per heavy atom. The summed E-state index contributed by atoms with van der Waals surface area (Å²) in [6, 6.07) is 6.64. The maximum Gasteiger partial charge on any atom is 0.326 e. The summed E-state index contributed by atoms with van der Waals surface area (Å²) in [4.78, 5) is 22.7. The Morgan fingerprint density at radius 1 is 1.45 bits per heavy atom. The Balaban J connectivity index is 2.66. The molecule has 1 rings (SSSR count). The lowest BCUT2D eigenvalue weighted by Gasteiger charge is -2.15. The molecule has 1 aromatic carbocycles. The largest absolute Gasteiger partial charge is 0.480 e. The zero-order valence-electron chi connectivity index (χ0n) is 10.9. The van der Waals surface area contributed by atoms with Crippen molar-refractivity contribution in [2.45, 2.75) is 12.5 Å². The topological polar surface area (TPSA) is 111 Å². The second-order valence-corrected chi connectivity index (χ2v) is 3.93. The highest BCUT2D eigenvalue weighted by Crippen LogP contribution is 2.13. The molecule has 3 N–H and O–H groups in total. The van der Waals surface area contributed by atoms with Crippen LogP contribution in [0.1, 0.15) is 12.0 Å². The molecular formula is C13H15N3O4. The van der Waals surface area contributed by atoms with Gasteiger partial charge in [0.25, 0.3) is 0 Å². The summed E-state index contributed by atoms with van der Waals surface area (Å²) < 4.78 is 4.78. The van der Waals surface area contributed by atoms with E-state index in [-0.39, 0.29) is 13.0 Å². The van der Waals surface area contributed by atoms with E-state index in [2.05, 4.69) is 10.6 Å². The Hall–Kier alpha value is -2.59. The van der Waals surface area contributed by atoms with Gasteiger partial charge in [0.05, 0.1) is 11.3 Å². The maximum atomic E-state index is 11.7. The van der Waals surface area contributed by atoms with Gasteiger partial charge in [-0.1, -0.05) is 12.1 Å². The molecule has 1 aromatic rings. The molecule has 0 fully saturated rings. The number of anilines is 1. The predicted octanol–water partition coefficient (Wildman–Crippen LogP) is 1.17. The van der Waals surface area contributed by atoms with Crippen LogP contribution >= 0.6 is 0 Å². The first-order valence-electron chi connectivity index (χ1n) is 5.87. The van der Waals surface area contributed by atoms with Crippen LogP contribution in [-0.2, 0) is 9.53 Å². The van der Waals surface area contributed by atoms with E-state index >= 15 is 0 Å². The van der Waals surface area contributed by atoms with Gasteiger partial charge in [-0.15, -0.1) is 0 Å². The molecule has 0 saturated carbocycles. The standard InChI is InChI=1S/C13H15N3O4/c1-20-7-6-11(12(17)18)16-13(19)15-10-5-3-2-4-9(10)8-14/h2-5,11H,6-7H2,1H3,(H,17,18)(H2,15,16,19). The van der Waals surface area contributed by atoms with Crippen molar-refractivity contribution in [3.8, 4) is 6.07 Å². The number of urea groups is 1. The van der Waals surface area contributed by atoms with Gasteiger partial charge in [-0.05, 0) is 12.1 Å². The van der Waals surface area contributed by atoms with Gasteiger partial charge < -0.3 is 20.5 Å². The molecule has 0 radical (unpaired) electrons. The fraction of sp³-hybridized carbons (Fsp3) is 0.308. The number of methoxy groups -OCH3 is 1. The first kappa shape index (κ1) is 15.5. The van der Waals surface area contributed by atoms with Crippen molar-refractivity contribution in [1.29, 1.82) is 5.26 Å². The van der Waals surface area contributed by atoms with Crippen molar-refractivity contribution in [1.82, 2.24) is 5.32 Å². The molecule has 1 atom stereocenters. The zero-order chi connectivity index (χ0) is 15.0. The summed E-state index contributed by atoms with van der Waals surface area (Å²) in [5, 5.41) is 22.6. The first-order chi connectivity index (χ1) is 9.58. The van der Waals surface area contributed by atoms with E-state index in [4.69, 9.17) is 15.1 Å². The third kappa shape index (κ3) is 4.59. The Kier molecular flexibility index (Phi) is 6.00.